The molecule has 3 aromatic rings. The summed E-state index contributed by atoms with van der Waals surface area (Å²) < 4.78 is 2.04. The first-order valence-electron chi connectivity index (χ1n) is 10.5. The molecule has 0 saturated carbocycles. The lowest BCUT2D eigenvalue weighted by Gasteiger charge is -2.35. The summed E-state index contributed by atoms with van der Waals surface area (Å²) in [5, 5.41) is 10.8. The number of benzene rings is 2. The van der Waals surface area contributed by atoms with Gasteiger partial charge >= 0.3 is 0 Å². The van der Waals surface area contributed by atoms with Crippen molar-refractivity contribution in [2.45, 2.75) is 33.2 Å². The van der Waals surface area contributed by atoms with Gasteiger partial charge in [0.15, 0.2) is 0 Å². The van der Waals surface area contributed by atoms with E-state index in [1.807, 2.05) is 28.8 Å². The van der Waals surface area contributed by atoms with Gasteiger partial charge in [-0.2, -0.15) is 0 Å². The number of nitrogens with zero attached hydrogens (tertiary/aromatic N) is 3. The summed E-state index contributed by atoms with van der Waals surface area (Å²) in [6, 6.07) is 16.4. The molecule has 1 aliphatic heterocycles. The predicted molar refractivity (Wildman–Crippen MR) is 119 cm³/mol. The van der Waals surface area contributed by atoms with Crippen LogP contribution in [0.1, 0.15) is 22.4 Å². The maximum absolute atomic E-state index is 11.6. The van der Waals surface area contributed by atoms with Crippen molar-refractivity contribution in [2.75, 3.05) is 26.2 Å². The minimum atomic E-state index is -0.317. The van der Waals surface area contributed by atoms with Crippen molar-refractivity contribution < 1.29 is 9.90 Å². The number of hydrogen-bond donors (Lipinski definition) is 2. The maximum Gasteiger partial charge on any atom is 0.237 e. The molecule has 0 aliphatic carbocycles. The van der Waals surface area contributed by atoms with Crippen LogP contribution < -0.4 is 5.73 Å². The van der Waals surface area contributed by atoms with Gasteiger partial charge in [0, 0.05) is 55.9 Å². The number of primary amides is 1. The van der Waals surface area contributed by atoms with Crippen LogP contribution in [0.3, 0.4) is 0 Å². The van der Waals surface area contributed by atoms with Crippen molar-refractivity contribution in [3.05, 3.63) is 70.9 Å². The number of carbonyl (C=O) groups is 1. The van der Waals surface area contributed by atoms with Gasteiger partial charge in [0.2, 0.25) is 5.91 Å². The first-order chi connectivity index (χ1) is 14.6. The fraction of sp³-hybridized carbons (Fsp3) is 0.375. The highest BCUT2D eigenvalue weighted by Gasteiger charge is 2.21. The Hall–Kier alpha value is -2.67. The lowest BCUT2D eigenvalue weighted by Crippen LogP contribution is -2.45. The van der Waals surface area contributed by atoms with Gasteiger partial charge in [-0.15, -0.1) is 0 Å². The molecular weight excluding hydrogens is 376 g/mol. The number of rotatable bonds is 7. The molecule has 0 atom stereocenters. The SMILES string of the molecule is Cc1c(CN2CCN(Cc3ccccc3CO)CC2)c2ccccc2n1CC(N)=O. The number of piperazine rings is 1. The molecule has 30 heavy (non-hydrogen) atoms. The van der Waals surface area contributed by atoms with E-state index in [-0.39, 0.29) is 19.1 Å². The minimum Gasteiger partial charge on any atom is -0.392 e. The molecule has 6 nitrogen and oxygen atoms in total. The predicted octanol–water partition coefficient (Wildman–Crippen LogP) is 2.25. The Morgan fingerprint density at radius 3 is 2.20 bits per heavy atom. The van der Waals surface area contributed by atoms with Gasteiger partial charge < -0.3 is 15.4 Å². The standard InChI is InChI=1S/C24H30N4O2/c1-18-22(21-8-4-5-9-23(21)28(18)16-24(25)30)15-27-12-10-26(11-13-27)14-19-6-2-3-7-20(19)17-29/h2-9,29H,10-17H2,1H3,(H2,25,30). The number of aliphatic hydroxyl groups is 1. The van der Waals surface area contributed by atoms with E-state index >= 15 is 0 Å². The zero-order chi connectivity index (χ0) is 21.1. The van der Waals surface area contributed by atoms with E-state index in [0.29, 0.717) is 0 Å². The Morgan fingerprint density at radius 1 is 0.933 bits per heavy atom. The zero-order valence-electron chi connectivity index (χ0n) is 17.6. The van der Waals surface area contributed by atoms with E-state index < -0.39 is 0 Å². The fourth-order valence-electron chi connectivity index (χ4n) is 4.50. The molecule has 1 saturated heterocycles. The molecule has 1 aliphatic rings. The number of aliphatic hydroxyl groups excluding tert-OH is 1. The van der Waals surface area contributed by atoms with E-state index in [2.05, 4.69) is 41.0 Å². The Morgan fingerprint density at radius 2 is 1.53 bits per heavy atom. The van der Waals surface area contributed by atoms with Crippen LogP contribution >= 0.6 is 0 Å². The van der Waals surface area contributed by atoms with Crippen LogP contribution in [0.4, 0.5) is 0 Å². The first-order valence-corrected chi connectivity index (χ1v) is 10.5. The highest BCUT2D eigenvalue weighted by molar-refractivity contribution is 5.87. The maximum atomic E-state index is 11.6. The molecule has 0 unspecified atom stereocenters. The highest BCUT2D eigenvalue weighted by Crippen LogP contribution is 2.27. The van der Waals surface area contributed by atoms with Crippen LogP contribution in [0.5, 0.6) is 0 Å². The summed E-state index contributed by atoms with van der Waals surface area (Å²) in [5.74, 6) is -0.317. The van der Waals surface area contributed by atoms with Gasteiger partial charge in [-0.05, 0) is 29.7 Å². The van der Waals surface area contributed by atoms with Gasteiger partial charge in [-0.1, -0.05) is 42.5 Å². The summed E-state index contributed by atoms with van der Waals surface area (Å²) in [5.41, 5.74) is 11.2. The molecule has 1 aromatic heterocycles. The van der Waals surface area contributed by atoms with Gasteiger partial charge in [-0.3, -0.25) is 14.6 Å². The second-order valence-corrected chi connectivity index (χ2v) is 8.11. The van der Waals surface area contributed by atoms with Crippen molar-refractivity contribution in [3.63, 3.8) is 0 Å². The Balaban J connectivity index is 1.45. The third-order valence-electron chi connectivity index (χ3n) is 6.20. The van der Waals surface area contributed by atoms with E-state index in [1.54, 1.807) is 0 Å². The molecule has 2 heterocycles. The smallest absolute Gasteiger partial charge is 0.237 e. The normalized spacial score (nSPS) is 15.7. The number of hydrogen-bond acceptors (Lipinski definition) is 4. The largest absolute Gasteiger partial charge is 0.392 e. The summed E-state index contributed by atoms with van der Waals surface area (Å²) in [6.45, 7) is 8.12. The summed E-state index contributed by atoms with van der Waals surface area (Å²) in [6.07, 6.45) is 0. The topological polar surface area (TPSA) is 74.7 Å². The molecule has 158 valence electrons. The van der Waals surface area contributed by atoms with Crippen LogP contribution in [0.25, 0.3) is 10.9 Å². The molecular formula is C24H30N4O2. The van der Waals surface area contributed by atoms with E-state index in [4.69, 9.17) is 5.73 Å². The van der Waals surface area contributed by atoms with Crippen molar-refractivity contribution in [3.8, 4) is 0 Å². The lowest BCUT2D eigenvalue weighted by atomic mass is 10.1. The first kappa shape index (κ1) is 20.6. The number of para-hydroxylation sites is 1. The number of fused-ring (bicyclic) bond motifs is 1. The third kappa shape index (κ3) is 4.26. The van der Waals surface area contributed by atoms with Crippen LogP contribution in [0, 0.1) is 6.92 Å². The summed E-state index contributed by atoms with van der Waals surface area (Å²) in [4.78, 5) is 16.5. The third-order valence-corrected chi connectivity index (χ3v) is 6.20. The van der Waals surface area contributed by atoms with E-state index in [9.17, 15) is 9.90 Å². The second kappa shape index (κ2) is 9.00. The molecule has 0 spiro atoms. The number of amides is 1. The zero-order valence-corrected chi connectivity index (χ0v) is 17.6. The average Bonchev–Trinajstić information content (AvgIpc) is 3.01. The second-order valence-electron chi connectivity index (χ2n) is 8.11. The summed E-state index contributed by atoms with van der Waals surface area (Å²) in [7, 11) is 0. The van der Waals surface area contributed by atoms with E-state index in [0.717, 1.165) is 56.0 Å². The van der Waals surface area contributed by atoms with Gasteiger partial charge in [0.1, 0.15) is 6.54 Å². The van der Waals surface area contributed by atoms with Crippen molar-refractivity contribution >= 4 is 16.8 Å². The van der Waals surface area contributed by atoms with E-state index in [1.165, 1.54) is 16.5 Å². The molecule has 6 heteroatoms. The molecule has 4 rings (SSSR count). The molecule has 0 bridgehead atoms. The minimum absolute atomic E-state index is 0.0881. The molecule has 1 fully saturated rings. The monoisotopic (exact) mass is 406 g/mol. The summed E-state index contributed by atoms with van der Waals surface area (Å²) >= 11 is 0. The number of nitrogens with two attached hydrogens (primary N) is 1. The van der Waals surface area contributed by atoms with Crippen LogP contribution in [-0.4, -0.2) is 51.6 Å². The fourth-order valence-corrected chi connectivity index (χ4v) is 4.50. The molecule has 0 radical (unpaired) electrons. The van der Waals surface area contributed by atoms with Crippen LogP contribution in [0.15, 0.2) is 48.5 Å². The Kier molecular flexibility index (Phi) is 6.18. The van der Waals surface area contributed by atoms with Crippen LogP contribution in [-0.2, 0) is 31.0 Å². The van der Waals surface area contributed by atoms with Gasteiger partial charge in [0.25, 0.3) is 0 Å². The number of aromatic nitrogens is 1. The van der Waals surface area contributed by atoms with Crippen molar-refractivity contribution in [1.29, 1.82) is 0 Å². The lowest BCUT2D eigenvalue weighted by molar-refractivity contribution is -0.118. The molecule has 3 N–H and O–H groups in total. The highest BCUT2D eigenvalue weighted by atomic mass is 16.3. The Labute approximate surface area is 177 Å². The average molecular weight is 407 g/mol. The van der Waals surface area contributed by atoms with Gasteiger partial charge in [-0.25, -0.2) is 0 Å². The van der Waals surface area contributed by atoms with Crippen LogP contribution in [0.2, 0.25) is 0 Å². The quantitative estimate of drug-likeness (QED) is 0.631. The Bertz CT molecular complexity index is 1030. The number of carbonyl (C=O) groups excluding carboxylic acids is 1. The van der Waals surface area contributed by atoms with Crippen molar-refractivity contribution in [1.82, 2.24) is 14.4 Å². The molecule has 2 aromatic carbocycles. The van der Waals surface area contributed by atoms with Gasteiger partial charge in [0.05, 0.1) is 6.61 Å². The van der Waals surface area contributed by atoms with Crippen molar-refractivity contribution in [2.24, 2.45) is 5.73 Å². The molecule has 1 amide bonds.